The second-order valence-corrected chi connectivity index (χ2v) is 9.72. The third-order valence-electron chi connectivity index (χ3n) is 4.53. The summed E-state index contributed by atoms with van der Waals surface area (Å²) in [6, 6.07) is 3.08. The lowest BCUT2D eigenvalue weighted by atomic mass is 9.96. The molecule has 0 unspecified atom stereocenters. The van der Waals surface area contributed by atoms with Crippen LogP contribution in [0.25, 0.3) is 0 Å². The average molecular weight is 550 g/mol. The molecular formula is C19H19Br2FN2O2S2. The topological polar surface area (TPSA) is 50.4 Å². The first-order valence-corrected chi connectivity index (χ1v) is 11.7. The first-order chi connectivity index (χ1) is 13.4. The zero-order valence-corrected chi connectivity index (χ0v) is 20.0. The third-order valence-corrected chi connectivity index (χ3v) is 7.03. The number of aryl methyl sites for hydroxylation is 1. The molecule has 2 aromatic rings. The number of thiophene rings is 1. The van der Waals surface area contributed by atoms with E-state index >= 15 is 0 Å². The van der Waals surface area contributed by atoms with E-state index in [1.54, 1.807) is 6.07 Å². The van der Waals surface area contributed by atoms with Gasteiger partial charge >= 0.3 is 5.97 Å². The molecule has 28 heavy (non-hydrogen) atoms. The summed E-state index contributed by atoms with van der Waals surface area (Å²) in [7, 11) is 1.38. The molecule has 2 N–H and O–H groups in total. The number of fused-ring (bicyclic) bond motifs is 1. The molecule has 0 bridgehead atoms. The number of ether oxygens (including phenoxy) is 1. The maximum absolute atomic E-state index is 14.3. The number of thiocarbonyl (C=S) groups is 1. The van der Waals surface area contributed by atoms with Crippen LogP contribution in [-0.4, -0.2) is 18.2 Å². The summed E-state index contributed by atoms with van der Waals surface area (Å²) >= 11 is 13.5. The van der Waals surface area contributed by atoms with Crippen LogP contribution in [0.5, 0.6) is 0 Å². The van der Waals surface area contributed by atoms with E-state index in [9.17, 15) is 9.18 Å². The first-order valence-electron chi connectivity index (χ1n) is 8.86. The van der Waals surface area contributed by atoms with Crippen LogP contribution in [0.3, 0.4) is 0 Å². The zero-order chi connectivity index (χ0) is 20.3. The number of carbonyl (C=O) groups excluding carboxylic acids is 1. The van der Waals surface area contributed by atoms with E-state index in [2.05, 4.69) is 42.5 Å². The van der Waals surface area contributed by atoms with Crippen molar-refractivity contribution >= 4 is 77.2 Å². The highest BCUT2D eigenvalue weighted by Crippen LogP contribution is 2.38. The molecular weight excluding hydrogens is 531 g/mol. The van der Waals surface area contributed by atoms with Gasteiger partial charge in [0.1, 0.15) is 10.8 Å². The first kappa shape index (κ1) is 21.7. The molecule has 0 radical (unpaired) electrons. The van der Waals surface area contributed by atoms with E-state index in [0.717, 1.165) is 37.7 Å². The van der Waals surface area contributed by atoms with E-state index in [4.69, 9.17) is 17.0 Å². The van der Waals surface area contributed by atoms with Crippen LogP contribution < -0.4 is 10.6 Å². The van der Waals surface area contributed by atoms with Crippen molar-refractivity contribution in [2.75, 3.05) is 17.7 Å². The molecule has 9 heteroatoms. The minimum absolute atomic E-state index is 0.210. The second kappa shape index (κ2) is 9.65. The number of anilines is 2. The number of rotatable bonds is 3. The Morgan fingerprint density at radius 3 is 2.57 bits per heavy atom. The average Bonchev–Trinajstić information content (AvgIpc) is 2.93. The van der Waals surface area contributed by atoms with Crippen LogP contribution in [0.15, 0.2) is 21.1 Å². The normalized spacial score (nSPS) is 13.9. The summed E-state index contributed by atoms with van der Waals surface area (Å²) in [6.45, 7) is 0. The predicted octanol–water partition coefficient (Wildman–Crippen LogP) is 6.67. The molecule has 1 aromatic carbocycles. The molecule has 0 spiro atoms. The van der Waals surface area contributed by atoms with Crippen LogP contribution in [0.2, 0.25) is 0 Å². The molecule has 4 nitrogen and oxygen atoms in total. The highest BCUT2D eigenvalue weighted by Gasteiger charge is 2.25. The van der Waals surface area contributed by atoms with Crippen molar-refractivity contribution in [1.82, 2.24) is 0 Å². The Bertz CT molecular complexity index is 895. The summed E-state index contributed by atoms with van der Waals surface area (Å²) in [4.78, 5) is 13.7. The Kier molecular flexibility index (Phi) is 7.47. The van der Waals surface area contributed by atoms with E-state index in [1.165, 1.54) is 35.8 Å². The van der Waals surface area contributed by atoms with Gasteiger partial charge in [-0.05, 0) is 71.5 Å². The molecule has 0 saturated carbocycles. The lowest BCUT2D eigenvalue weighted by molar-refractivity contribution is 0.0601. The van der Waals surface area contributed by atoms with Gasteiger partial charge in [-0.25, -0.2) is 9.18 Å². The standard InChI is InChI=1S/C19H19Br2FN2O2S2/c1-26-18(25)15-11-6-4-2-3-5-7-14(11)28-17(15)24-19(27)23-16-12(21)8-10(20)9-13(16)22/h8-9H,2-7H2,1H3,(H2,23,24,27). The van der Waals surface area contributed by atoms with Gasteiger partial charge in [-0.1, -0.05) is 28.8 Å². The molecule has 0 atom stereocenters. The van der Waals surface area contributed by atoms with Crippen LogP contribution in [0.1, 0.15) is 46.5 Å². The smallest absolute Gasteiger partial charge is 0.341 e. The summed E-state index contributed by atoms with van der Waals surface area (Å²) < 4.78 is 20.4. The van der Waals surface area contributed by atoms with Gasteiger partial charge in [0.15, 0.2) is 5.11 Å². The highest BCUT2D eigenvalue weighted by molar-refractivity contribution is 9.11. The minimum atomic E-state index is -0.447. The van der Waals surface area contributed by atoms with Crippen molar-refractivity contribution in [2.45, 2.75) is 38.5 Å². The minimum Gasteiger partial charge on any atom is -0.465 e. The number of methoxy groups -OCH3 is 1. The Labute approximate surface area is 189 Å². The van der Waals surface area contributed by atoms with Gasteiger partial charge in [0.05, 0.1) is 18.4 Å². The Hall–Kier alpha value is -1.03. The number of carbonyl (C=O) groups is 1. The monoisotopic (exact) mass is 548 g/mol. The molecule has 0 aliphatic heterocycles. The van der Waals surface area contributed by atoms with Gasteiger partial charge in [0, 0.05) is 13.8 Å². The highest BCUT2D eigenvalue weighted by atomic mass is 79.9. The molecule has 0 amide bonds. The Morgan fingerprint density at radius 1 is 1.18 bits per heavy atom. The molecule has 3 rings (SSSR count). The third kappa shape index (κ3) is 4.93. The summed E-state index contributed by atoms with van der Waals surface area (Å²) in [6.07, 6.45) is 6.31. The molecule has 1 aromatic heterocycles. The van der Waals surface area contributed by atoms with E-state index in [0.29, 0.717) is 19.5 Å². The van der Waals surface area contributed by atoms with Crippen LogP contribution in [0, 0.1) is 5.82 Å². The van der Waals surface area contributed by atoms with Crippen LogP contribution >= 0.6 is 55.4 Å². The van der Waals surface area contributed by atoms with Crippen molar-refractivity contribution < 1.29 is 13.9 Å². The van der Waals surface area contributed by atoms with E-state index in [1.807, 2.05) is 0 Å². The summed E-state index contributed by atoms with van der Waals surface area (Å²) in [5, 5.41) is 6.81. The van der Waals surface area contributed by atoms with Gasteiger partial charge < -0.3 is 15.4 Å². The number of hydrogen-bond donors (Lipinski definition) is 2. The van der Waals surface area contributed by atoms with Gasteiger partial charge in [0.25, 0.3) is 0 Å². The second-order valence-electron chi connectivity index (χ2n) is 6.44. The van der Waals surface area contributed by atoms with Crippen molar-refractivity contribution in [2.24, 2.45) is 0 Å². The fraction of sp³-hybridized carbons (Fsp3) is 0.368. The number of nitrogens with one attached hydrogen (secondary N) is 2. The van der Waals surface area contributed by atoms with E-state index < -0.39 is 5.82 Å². The van der Waals surface area contributed by atoms with Gasteiger partial charge in [-0.2, -0.15) is 0 Å². The van der Waals surface area contributed by atoms with Gasteiger partial charge in [-0.15, -0.1) is 11.3 Å². The van der Waals surface area contributed by atoms with Gasteiger partial charge in [0.2, 0.25) is 0 Å². The quantitative estimate of drug-likeness (QED) is 0.331. The van der Waals surface area contributed by atoms with Crippen LogP contribution in [-0.2, 0) is 17.6 Å². The van der Waals surface area contributed by atoms with Crippen molar-refractivity contribution in [3.05, 3.63) is 42.9 Å². The zero-order valence-electron chi connectivity index (χ0n) is 15.2. The van der Waals surface area contributed by atoms with Gasteiger partial charge in [-0.3, -0.25) is 0 Å². The fourth-order valence-corrected chi connectivity index (χ4v) is 6.06. The van der Waals surface area contributed by atoms with Crippen molar-refractivity contribution in [3.8, 4) is 0 Å². The number of halogens is 3. The lowest BCUT2D eigenvalue weighted by Gasteiger charge is -2.13. The van der Waals surface area contributed by atoms with Crippen molar-refractivity contribution in [3.63, 3.8) is 0 Å². The predicted molar refractivity (Wildman–Crippen MR) is 123 cm³/mol. The maximum atomic E-state index is 14.3. The molecule has 150 valence electrons. The van der Waals surface area contributed by atoms with E-state index in [-0.39, 0.29) is 16.8 Å². The SMILES string of the molecule is COC(=O)c1c(NC(=S)Nc2c(F)cc(Br)cc2Br)sc2c1CCCCCC2. The fourth-order valence-electron chi connectivity index (χ4n) is 3.24. The molecule has 1 aliphatic carbocycles. The molecule has 0 fully saturated rings. The van der Waals surface area contributed by atoms with Crippen molar-refractivity contribution in [1.29, 1.82) is 0 Å². The number of hydrogen-bond acceptors (Lipinski definition) is 4. The molecule has 1 heterocycles. The Balaban J connectivity index is 1.88. The number of benzene rings is 1. The summed E-state index contributed by atoms with van der Waals surface area (Å²) in [5.74, 6) is -0.823. The molecule has 1 aliphatic rings. The lowest BCUT2D eigenvalue weighted by Crippen LogP contribution is -2.21. The maximum Gasteiger partial charge on any atom is 0.341 e. The molecule has 0 saturated heterocycles. The largest absolute Gasteiger partial charge is 0.465 e. The number of esters is 1. The van der Waals surface area contributed by atoms with Crippen LogP contribution in [0.4, 0.5) is 15.1 Å². The Morgan fingerprint density at radius 2 is 1.89 bits per heavy atom. The summed E-state index contributed by atoms with van der Waals surface area (Å²) in [5.41, 5.74) is 1.83.